The molecule has 1 rings (SSSR count). The molecule has 1 fully saturated rings. The molecule has 0 saturated carbocycles. The maximum atomic E-state index is 10.4. The second kappa shape index (κ2) is 3.13. The summed E-state index contributed by atoms with van der Waals surface area (Å²) in [6.07, 6.45) is 1.92. The normalized spacial score (nSPS) is 22.8. The van der Waals surface area contributed by atoms with Gasteiger partial charge in [-0.05, 0) is 12.8 Å². The number of rotatable bonds is 0. The van der Waals surface area contributed by atoms with E-state index in [2.05, 4.69) is 9.05 Å². The van der Waals surface area contributed by atoms with Crippen LogP contribution in [0.15, 0.2) is 0 Å². The van der Waals surface area contributed by atoms with Crippen LogP contribution in [-0.2, 0) is 13.6 Å². The minimum Gasteiger partial charge on any atom is -0.283 e. The van der Waals surface area contributed by atoms with Gasteiger partial charge in [0.1, 0.15) is 0 Å². The summed E-state index contributed by atoms with van der Waals surface area (Å²) in [4.78, 5) is 0. The summed E-state index contributed by atoms with van der Waals surface area (Å²) >= 11 is 0. The van der Waals surface area contributed by atoms with Gasteiger partial charge in [0.25, 0.3) is 0 Å². The van der Waals surface area contributed by atoms with E-state index in [4.69, 9.17) is 0 Å². The zero-order chi connectivity index (χ0) is 5.82. The fourth-order valence-electron chi connectivity index (χ4n) is 0.520. The van der Waals surface area contributed by atoms with Crippen molar-refractivity contribution in [2.75, 3.05) is 13.2 Å². The first kappa shape index (κ1) is 6.14. The Balaban J connectivity index is 2.27. The Morgan fingerprint density at radius 1 is 1.12 bits per heavy atom. The molecule has 1 saturated heterocycles. The van der Waals surface area contributed by atoms with Crippen molar-refractivity contribution in [2.45, 2.75) is 12.8 Å². The molecule has 8 heavy (non-hydrogen) atoms. The van der Waals surface area contributed by atoms with Gasteiger partial charge in [-0.2, -0.15) is 0 Å². The van der Waals surface area contributed by atoms with E-state index in [9.17, 15) is 4.57 Å². The predicted octanol–water partition coefficient (Wildman–Crippen LogP) is 1.47. The molecule has 0 N–H and O–H groups in total. The van der Waals surface area contributed by atoms with Crippen molar-refractivity contribution in [3.05, 3.63) is 0 Å². The van der Waals surface area contributed by atoms with Crippen LogP contribution >= 0.6 is 8.25 Å². The molecular formula is C4H8O3P. The van der Waals surface area contributed by atoms with Crippen LogP contribution in [0.25, 0.3) is 0 Å². The Bertz CT molecular complexity index is 83.3. The molecule has 0 bridgehead atoms. The van der Waals surface area contributed by atoms with Crippen molar-refractivity contribution in [2.24, 2.45) is 0 Å². The van der Waals surface area contributed by atoms with E-state index >= 15 is 0 Å². The van der Waals surface area contributed by atoms with Gasteiger partial charge in [0.05, 0.1) is 13.2 Å². The molecule has 0 amide bonds. The zero-order valence-electron chi connectivity index (χ0n) is 4.50. The van der Waals surface area contributed by atoms with Crippen LogP contribution in [0.2, 0.25) is 0 Å². The quantitative estimate of drug-likeness (QED) is 0.472. The predicted molar refractivity (Wildman–Crippen MR) is 28.7 cm³/mol. The van der Waals surface area contributed by atoms with Crippen molar-refractivity contribution < 1.29 is 13.6 Å². The van der Waals surface area contributed by atoms with E-state index in [0.717, 1.165) is 12.8 Å². The molecule has 0 spiro atoms. The van der Waals surface area contributed by atoms with E-state index in [-0.39, 0.29) is 0 Å². The molecule has 1 aliphatic rings. The van der Waals surface area contributed by atoms with Gasteiger partial charge in [-0.3, -0.25) is 9.05 Å². The molecule has 0 atom stereocenters. The fourth-order valence-corrected chi connectivity index (χ4v) is 1.15. The lowest BCUT2D eigenvalue weighted by Gasteiger charge is -1.91. The molecule has 1 aliphatic heterocycles. The van der Waals surface area contributed by atoms with Crippen LogP contribution in [-0.4, -0.2) is 13.2 Å². The summed E-state index contributed by atoms with van der Waals surface area (Å²) < 4.78 is 19.8. The first-order chi connectivity index (χ1) is 3.89. The summed E-state index contributed by atoms with van der Waals surface area (Å²) in [5.41, 5.74) is 0. The topological polar surface area (TPSA) is 35.5 Å². The highest BCUT2D eigenvalue weighted by Crippen LogP contribution is 2.26. The lowest BCUT2D eigenvalue weighted by Crippen LogP contribution is -1.82. The third-order valence-electron chi connectivity index (χ3n) is 0.932. The van der Waals surface area contributed by atoms with Gasteiger partial charge in [-0.1, -0.05) is 0 Å². The van der Waals surface area contributed by atoms with Crippen LogP contribution in [0, 0.1) is 0 Å². The fraction of sp³-hybridized carbons (Fsp3) is 1.00. The van der Waals surface area contributed by atoms with Gasteiger partial charge < -0.3 is 0 Å². The number of hydrogen-bond donors (Lipinski definition) is 0. The van der Waals surface area contributed by atoms with Gasteiger partial charge in [0.2, 0.25) is 0 Å². The molecule has 0 aliphatic carbocycles. The summed E-state index contributed by atoms with van der Waals surface area (Å²) in [7, 11) is -1.77. The molecule has 0 unspecified atom stereocenters. The largest absolute Gasteiger partial charge is 0.368 e. The van der Waals surface area contributed by atoms with Gasteiger partial charge >= 0.3 is 8.25 Å². The van der Waals surface area contributed by atoms with E-state index in [1.807, 2.05) is 0 Å². The molecule has 0 aromatic rings. The van der Waals surface area contributed by atoms with Crippen LogP contribution in [0.1, 0.15) is 12.8 Å². The van der Waals surface area contributed by atoms with Crippen LogP contribution < -0.4 is 0 Å². The van der Waals surface area contributed by atoms with Crippen molar-refractivity contribution >= 4 is 8.25 Å². The van der Waals surface area contributed by atoms with Crippen molar-refractivity contribution in [1.82, 2.24) is 0 Å². The Kier molecular flexibility index (Phi) is 2.40. The highest BCUT2D eigenvalue weighted by molar-refractivity contribution is 7.33. The Hall–Kier alpha value is 0.0200. The third kappa shape index (κ3) is 1.86. The number of hydrogen-bond acceptors (Lipinski definition) is 3. The highest BCUT2D eigenvalue weighted by atomic mass is 31.1. The van der Waals surface area contributed by atoms with Gasteiger partial charge in [0.15, 0.2) is 0 Å². The molecule has 0 aromatic heterocycles. The van der Waals surface area contributed by atoms with Gasteiger partial charge in [-0.25, -0.2) is 4.57 Å². The Morgan fingerprint density at radius 3 is 2.12 bits per heavy atom. The summed E-state index contributed by atoms with van der Waals surface area (Å²) in [5.74, 6) is 0. The van der Waals surface area contributed by atoms with Gasteiger partial charge in [-0.15, -0.1) is 0 Å². The molecule has 1 radical (unpaired) electrons. The molecule has 1 heterocycles. The lowest BCUT2D eigenvalue weighted by molar-refractivity contribution is 0.263. The maximum Gasteiger partial charge on any atom is 0.368 e. The summed E-state index contributed by atoms with van der Waals surface area (Å²) in [6, 6.07) is 0. The Morgan fingerprint density at radius 2 is 1.62 bits per heavy atom. The minimum absolute atomic E-state index is 0.579. The molecule has 3 nitrogen and oxygen atoms in total. The van der Waals surface area contributed by atoms with Crippen LogP contribution in [0.3, 0.4) is 0 Å². The van der Waals surface area contributed by atoms with E-state index in [1.54, 1.807) is 0 Å². The van der Waals surface area contributed by atoms with Crippen molar-refractivity contribution in [3.63, 3.8) is 0 Å². The van der Waals surface area contributed by atoms with Crippen molar-refractivity contribution in [1.29, 1.82) is 0 Å². The van der Waals surface area contributed by atoms with Crippen LogP contribution in [0.5, 0.6) is 0 Å². The smallest absolute Gasteiger partial charge is 0.283 e. The van der Waals surface area contributed by atoms with E-state index in [1.165, 1.54) is 0 Å². The van der Waals surface area contributed by atoms with Crippen LogP contribution in [0.4, 0.5) is 0 Å². The van der Waals surface area contributed by atoms with E-state index < -0.39 is 8.25 Å². The standard InChI is InChI=1S/C4H8O3P/c5-8-6-3-1-2-4-7-8/h1-4H2. The Labute approximate surface area is 48.9 Å². The molecule has 0 aromatic carbocycles. The molecule has 4 heteroatoms. The molecule has 47 valence electrons. The zero-order valence-corrected chi connectivity index (χ0v) is 5.39. The van der Waals surface area contributed by atoms with Crippen molar-refractivity contribution in [3.8, 4) is 0 Å². The summed E-state index contributed by atoms with van der Waals surface area (Å²) in [5, 5.41) is 0. The first-order valence-electron chi connectivity index (χ1n) is 2.63. The SMILES string of the molecule is O=[P]1OCCCCO1. The van der Waals surface area contributed by atoms with E-state index in [0.29, 0.717) is 13.2 Å². The second-order valence-corrected chi connectivity index (χ2v) is 2.56. The summed E-state index contributed by atoms with van der Waals surface area (Å²) in [6.45, 7) is 1.16. The average Bonchev–Trinajstić information content (AvgIpc) is 1.94. The molecular weight excluding hydrogens is 127 g/mol. The lowest BCUT2D eigenvalue weighted by atomic mass is 10.3. The minimum atomic E-state index is -1.77. The second-order valence-electron chi connectivity index (χ2n) is 1.60. The van der Waals surface area contributed by atoms with Gasteiger partial charge in [0, 0.05) is 0 Å². The first-order valence-corrected chi connectivity index (χ1v) is 3.72. The monoisotopic (exact) mass is 135 g/mol. The maximum absolute atomic E-state index is 10.4. The highest BCUT2D eigenvalue weighted by Gasteiger charge is 2.05. The third-order valence-corrected chi connectivity index (χ3v) is 1.72. The average molecular weight is 135 g/mol.